The van der Waals surface area contributed by atoms with E-state index in [1.807, 2.05) is 13.3 Å². The standard InChI is InChI=1S/C7H15N3/c1-4-5-6-9-10(3)7-8-2/h6-7H,4-5H2,1-3H3/b8-7?,9-6+. The third-order valence-electron chi connectivity index (χ3n) is 0.964. The second-order valence-electron chi connectivity index (χ2n) is 2.03. The van der Waals surface area contributed by atoms with E-state index >= 15 is 0 Å². The van der Waals surface area contributed by atoms with Crippen LogP contribution in [0.15, 0.2) is 10.1 Å². The highest BCUT2D eigenvalue weighted by atomic mass is 15.4. The molecule has 0 rings (SSSR count). The molecule has 0 fully saturated rings. The smallest absolute Gasteiger partial charge is 0.105 e. The first kappa shape index (κ1) is 9.14. The molecule has 0 aromatic rings. The van der Waals surface area contributed by atoms with Gasteiger partial charge in [-0.2, -0.15) is 5.10 Å². The second kappa shape index (κ2) is 6.26. The van der Waals surface area contributed by atoms with Crippen molar-refractivity contribution in [2.75, 3.05) is 14.1 Å². The van der Waals surface area contributed by atoms with Crippen molar-refractivity contribution in [2.24, 2.45) is 10.1 Å². The molecule has 0 aliphatic carbocycles. The van der Waals surface area contributed by atoms with Crippen molar-refractivity contribution in [1.29, 1.82) is 0 Å². The lowest BCUT2D eigenvalue weighted by molar-refractivity contribution is 0.561. The largest absolute Gasteiger partial charge is 0.277 e. The maximum atomic E-state index is 4.06. The second-order valence-corrected chi connectivity index (χ2v) is 2.03. The van der Waals surface area contributed by atoms with Crippen LogP contribution in [0, 0.1) is 0 Å². The maximum Gasteiger partial charge on any atom is 0.105 e. The first-order chi connectivity index (χ1) is 4.81. The van der Waals surface area contributed by atoms with Gasteiger partial charge in [0.1, 0.15) is 6.34 Å². The molecule has 0 bridgehead atoms. The Kier molecular flexibility index (Phi) is 5.72. The number of hydrogen-bond acceptors (Lipinski definition) is 2. The summed E-state index contributed by atoms with van der Waals surface area (Å²) >= 11 is 0. The summed E-state index contributed by atoms with van der Waals surface area (Å²) in [6, 6.07) is 0. The number of aliphatic imine (C=N–C) groups is 1. The Balaban J connectivity index is 3.45. The van der Waals surface area contributed by atoms with Crippen LogP contribution in [0.25, 0.3) is 0 Å². The molecule has 0 aliphatic heterocycles. The fraction of sp³-hybridized carbons (Fsp3) is 0.714. The first-order valence-electron chi connectivity index (χ1n) is 3.48. The summed E-state index contributed by atoms with van der Waals surface area (Å²) in [5.74, 6) is 0. The highest BCUT2D eigenvalue weighted by molar-refractivity contribution is 5.60. The minimum Gasteiger partial charge on any atom is -0.277 e. The van der Waals surface area contributed by atoms with Crippen molar-refractivity contribution in [3.8, 4) is 0 Å². The highest BCUT2D eigenvalue weighted by Crippen LogP contribution is 1.82. The van der Waals surface area contributed by atoms with E-state index in [-0.39, 0.29) is 0 Å². The van der Waals surface area contributed by atoms with Crippen LogP contribution in [-0.2, 0) is 0 Å². The third-order valence-corrected chi connectivity index (χ3v) is 0.964. The van der Waals surface area contributed by atoms with Gasteiger partial charge in [0.15, 0.2) is 0 Å². The third kappa shape index (κ3) is 5.28. The lowest BCUT2D eigenvalue weighted by atomic mass is 10.4. The Morgan fingerprint density at radius 2 is 2.20 bits per heavy atom. The Morgan fingerprint density at radius 3 is 2.70 bits per heavy atom. The fourth-order valence-electron chi connectivity index (χ4n) is 0.513. The molecule has 0 aliphatic rings. The number of unbranched alkanes of at least 4 members (excludes halogenated alkanes) is 1. The monoisotopic (exact) mass is 141 g/mol. The van der Waals surface area contributed by atoms with Gasteiger partial charge < -0.3 is 0 Å². The summed E-state index contributed by atoms with van der Waals surface area (Å²) in [6.45, 7) is 2.12. The van der Waals surface area contributed by atoms with E-state index in [1.165, 1.54) is 0 Å². The van der Waals surface area contributed by atoms with Crippen molar-refractivity contribution in [1.82, 2.24) is 5.01 Å². The van der Waals surface area contributed by atoms with Gasteiger partial charge in [0.25, 0.3) is 0 Å². The number of nitrogens with zero attached hydrogens (tertiary/aromatic N) is 3. The van der Waals surface area contributed by atoms with Crippen LogP contribution in [0.1, 0.15) is 19.8 Å². The zero-order valence-corrected chi connectivity index (χ0v) is 6.91. The lowest BCUT2D eigenvalue weighted by Gasteiger charge is -2.02. The molecule has 0 heterocycles. The Morgan fingerprint density at radius 1 is 1.50 bits per heavy atom. The molecule has 0 N–H and O–H groups in total. The van der Waals surface area contributed by atoms with Gasteiger partial charge in [-0.25, -0.2) is 0 Å². The Labute approximate surface area is 62.4 Å². The summed E-state index contributed by atoms with van der Waals surface area (Å²) in [6.07, 6.45) is 5.73. The fourth-order valence-corrected chi connectivity index (χ4v) is 0.513. The SMILES string of the molecule is CCC/C=N/N(C)C=NC. The van der Waals surface area contributed by atoms with Gasteiger partial charge in [0.05, 0.1) is 0 Å². The molecule has 0 aromatic heterocycles. The van der Waals surface area contributed by atoms with Gasteiger partial charge in [-0.05, 0) is 6.42 Å². The first-order valence-corrected chi connectivity index (χ1v) is 3.48. The van der Waals surface area contributed by atoms with E-state index < -0.39 is 0 Å². The molecule has 0 unspecified atom stereocenters. The van der Waals surface area contributed by atoms with E-state index in [0.29, 0.717) is 0 Å². The molecule has 0 amide bonds. The van der Waals surface area contributed by atoms with Crippen LogP contribution in [0.3, 0.4) is 0 Å². The molecule has 58 valence electrons. The highest BCUT2D eigenvalue weighted by Gasteiger charge is 1.80. The van der Waals surface area contributed by atoms with Gasteiger partial charge in [0.2, 0.25) is 0 Å². The van der Waals surface area contributed by atoms with Crippen LogP contribution in [0.4, 0.5) is 0 Å². The van der Waals surface area contributed by atoms with Crippen LogP contribution < -0.4 is 0 Å². The summed E-state index contributed by atoms with van der Waals surface area (Å²) in [5.41, 5.74) is 0. The van der Waals surface area contributed by atoms with E-state index in [4.69, 9.17) is 0 Å². The Bertz CT molecular complexity index is 118. The summed E-state index contributed by atoms with van der Waals surface area (Å²) < 4.78 is 0. The topological polar surface area (TPSA) is 28.0 Å². The molecule has 10 heavy (non-hydrogen) atoms. The minimum atomic E-state index is 1.03. The van der Waals surface area contributed by atoms with Gasteiger partial charge in [-0.3, -0.25) is 10.0 Å². The number of hydrogen-bond donors (Lipinski definition) is 0. The van der Waals surface area contributed by atoms with Crippen molar-refractivity contribution >= 4 is 12.6 Å². The predicted octanol–water partition coefficient (Wildman–Crippen LogP) is 1.36. The zero-order valence-electron chi connectivity index (χ0n) is 6.91. The summed E-state index contributed by atoms with van der Waals surface area (Å²) in [5, 5.41) is 5.75. The van der Waals surface area contributed by atoms with Gasteiger partial charge in [-0.1, -0.05) is 13.3 Å². The van der Waals surface area contributed by atoms with Crippen LogP contribution >= 0.6 is 0 Å². The molecule has 3 heteroatoms. The number of hydrazone groups is 1. The lowest BCUT2D eigenvalue weighted by Crippen LogP contribution is -2.07. The molecule has 0 saturated carbocycles. The van der Waals surface area contributed by atoms with Crippen molar-refractivity contribution in [3.05, 3.63) is 0 Å². The van der Waals surface area contributed by atoms with E-state index in [0.717, 1.165) is 12.8 Å². The van der Waals surface area contributed by atoms with Gasteiger partial charge in [0, 0.05) is 20.3 Å². The van der Waals surface area contributed by atoms with Crippen molar-refractivity contribution in [2.45, 2.75) is 19.8 Å². The van der Waals surface area contributed by atoms with E-state index in [2.05, 4.69) is 17.0 Å². The van der Waals surface area contributed by atoms with Crippen LogP contribution in [0.5, 0.6) is 0 Å². The summed E-state index contributed by atoms with van der Waals surface area (Å²) in [7, 11) is 3.59. The number of rotatable bonds is 4. The zero-order chi connectivity index (χ0) is 7.82. The van der Waals surface area contributed by atoms with Gasteiger partial charge >= 0.3 is 0 Å². The maximum absolute atomic E-state index is 4.06. The van der Waals surface area contributed by atoms with Crippen molar-refractivity contribution in [3.63, 3.8) is 0 Å². The quantitative estimate of drug-likeness (QED) is 0.330. The van der Waals surface area contributed by atoms with E-state index in [9.17, 15) is 0 Å². The molecule has 0 aromatic carbocycles. The van der Waals surface area contributed by atoms with E-state index in [1.54, 1.807) is 18.4 Å². The summed E-state index contributed by atoms with van der Waals surface area (Å²) in [4.78, 5) is 3.80. The van der Waals surface area contributed by atoms with Crippen molar-refractivity contribution < 1.29 is 0 Å². The Hall–Kier alpha value is -0.860. The minimum absolute atomic E-state index is 1.03. The normalized spacial score (nSPS) is 11.5. The molecule has 0 saturated heterocycles. The van der Waals surface area contributed by atoms with Crippen LogP contribution in [0.2, 0.25) is 0 Å². The average Bonchev–Trinajstić information content (AvgIpc) is 1.89. The molecule has 3 nitrogen and oxygen atoms in total. The van der Waals surface area contributed by atoms with Gasteiger partial charge in [-0.15, -0.1) is 0 Å². The molecular formula is C7H15N3. The molecule has 0 atom stereocenters. The molecule has 0 radical (unpaired) electrons. The average molecular weight is 141 g/mol. The van der Waals surface area contributed by atoms with Crippen LogP contribution in [-0.4, -0.2) is 31.7 Å². The predicted molar refractivity (Wildman–Crippen MR) is 45.6 cm³/mol. The molecular weight excluding hydrogens is 126 g/mol. The molecule has 0 spiro atoms.